The van der Waals surface area contributed by atoms with E-state index in [1.54, 1.807) is 36.4 Å². The van der Waals surface area contributed by atoms with Gasteiger partial charge < -0.3 is 5.32 Å². The van der Waals surface area contributed by atoms with Crippen LogP contribution < -0.4 is 27.0 Å². The third-order valence-corrected chi connectivity index (χ3v) is 3.87. The summed E-state index contributed by atoms with van der Waals surface area (Å²) in [5.41, 5.74) is 3.03. The molecule has 6 heteroatoms. The molecule has 3 rings (SSSR count). The molecule has 3 aromatic rings. The van der Waals surface area contributed by atoms with E-state index >= 15 is 0 Å². The normalized spacial score (nSPS) is 10.6. The van der Waals surface area contributed by atoms with E-state index in [4.69, 9.17) is 0 Å². The predicted octanol–water partition coefficient (Wildman–Crippen LogP) is 2.03. The quantitative estimate of drug-likeness (QED) is 0.715. The highest BCUT2D eigenvalue weighted by atomic mass is 16.2. The Balaban J connectivity index is 1.77. The number of aryl methyl sites for hydroxylation is 1. The molecule has 0 radical (unpaired) electrons. The molecular weight excluding hydrogens is 318 g/mol. The first kappa shape index (κ1) is 16.6. The van der Waals surface area contributed by atoms with Crippen molar-refractivity contribution >= 4 is 22.5 Å². The zero-order valence-corrected chi connectivity index (χ0v) is 13.7. The zero-order valence-electron chi connectivity index (χ0n) is 13.7. The maximum Gasteiger partial charge on any atom is 0.339 e. The van der Waals surface area contributed by atoms with Gasteiger partial charge >= 0.3 is 6.03 Å². The lowest BCUT2D eigenvalue weighted by molar-refractivity contribution is 0.252. The third-order valence-electron chi connectivity index (χ3n) is 3.87. The summed E-state index contributed by atoms with van der Waals surface area (Å²) >= 11 is 0. The molecule has 0 spiro atoms. The third kappa shape index (κ3) is 3.47. The second-order valence-electron chi connectivity index (χ2n) is 5.68. The average molecular weight is 335 g/mol. The van der Waals surface area contributed by atoms with Gasteiger partial charge in [0.2, 0.25) is 10.9 Å². The number of nitrogens with zero attached hydrogens (tertiary/aromatic N) is 1. The van der Waals surface area contributed by atoms with E-state index in [-0.39, 0.29) is 5.36 Å². The van der Waals surface area contributed by atoms with Crippen molar-refractivity contribution in [1.82, 2.24) is 5.43 Å². The van der Waals surface area contributed by atoms with Crippen LogP contribution in [0.15, 0.2) is 63.2 Å². The highest BCUT2D eigenvalue weighted by molar-refractivity contribution is 5.89. The topological polar surface area (TPSA) is 87.6 Å². The minimum Gasteiger partial charge on any atom is -0.307 e. The van der Waals surface area contributed by atoms with Crippen LogP contribution in [-0.4, -0.2) is 6.03 Å². The van der Waals surface area contributed by atoms with Gasteiger partial charge in [0.25, 0.3) is 0 Å². The minimum absolute atomic E-state index is 0.283. The van der Waals surface area contributed by atoms with Crippen LogP contribution in [0.2, 0.25) is 0 Å². The van der Waals surface area contributed by atoms with E-state index in [1.165, 1.54) is 5.56 Å². The Morgan fingerprint density at radius 3 is 2.12 bits per heavy atom. The SMILES string of the molecule is CCCc1ccc(NC(=O)NN=c2c(=O)c3ccccc3c2=O)cc1. The second-order valence-corrected chi connectivity index (χ2v) is 5.68. The van der Waals surface area contributed by atoms with Crippen LogP contribution in [-0.2, 0) is 6.42 Å². The van der Waals surface area contributed by atoms with Crippen molar-refractivity contribution in [2.45, 2.75) is 19.8 Å². The van der Waals surface area contributed by atoms with Crippen LogP contribution in [0.4, 0.5) is 10.5 Å². The highest BCUT2D eigenvalue weighted by Crippen LogP contribution is 2.10. The number of fused-ring (bicyclic) bond motifs is 1. The van der Waals surface area contributed by atoms with E-state index in [9.17, 15) is 14.4 Å². The van der Waals surface area contributed by atoms with Gasteiger partial charge in [-0.15, -0.1) is 0 Å². The lowest BCUT2D eigenvalue weighted by Crippen LogP contribution is -2.36. The molecule has 0 bridgehead atoms. The number of benzene rings is 2. The molecule has 2 amide bonds. The van der Waals surface area contributed by atoms with Gasteiger partial charge in [0.05, 0.1) is 0 Å². The molecule has 0 aliphatic heterocycles. The van der Waals surface area contributed by atoms with Gasteiger partial charge in [-0.1, -0.05) is 49.7 Å². The van der Waals surface area contributed by atoms with E-state index in [1.807, 2.05) is 12.1 Å². The number of carbonyl (C=O) groups is 1. The Morgan fingerprint density at radius 2 is 1.56 bits per heavy atom. The highest BCUT2D eigenvalue weighted by Gasteiger charge is 2.10. The van der Waals surface area contributed by atoms with Gasteiger partial charge in [-0.3, -0.25) is 9.59 Å². The Hall–Kier alpha value is -3.28. The zero-order chi connectivity index (χ0) is 17.8. The Morgan fingerprint density at radius 1 is 0.960 bits per heavy atom. The van der Waals surface area contributed by atoms with Gasteiger partial charge in [0.15, 0.2) is 5.36 Å². The minimum atomic E-state index is -0.618. The molecule has 3 aromatic carbocycles. The van der Waals surface area contributed by atoms with Crippen molar-refractivity contribution in [3.05, 3.63) is 79.9 Å². The van der Waals surface area contributed by atoms with E-state index in [0.717, 1.165) is 12.8 Å². The molecule has 0 saturated carbocycles. The molecule has 126 valence electrons. The van der Waals surface area contributed by atoms with Crippen molar-refractivity contribution in [2.24, 2.45) is 5.10 Å². The fourth-order valence-corrected chi connectivity index (χ4v) is 2.65. The van der Waals surface area contributed by atoms with Gasteiger partial charge in [0, 0.05) is 16.5 Å². The number of nitrogens with one attached hydrogen (secondary N) is 2. The van der Waals surface area contributed by atoms with E-state index in [0.29, 0.717) is 16.5 Å². The molecule has 0 aliphatic carbocycles. The Bertz CT molecular complexity index is 1010. The Labute approximate surface area is 143 Å². The summed E-state index contributed by atoms with van der Waals surface area (Å²) in [5, 5.41) is 6.63. The van der Waals surface area contributed by atoms with Crippen molar-refractivity contribution < 1.29 is 4.79 Å². The number of hydrogen-bond acceptors (Lipinski definition) is 4. The molecule has 0 unspecified atom stereocenters. The molecule has 6 nitrogen and oxygen atoms in total. The van der Waals surface area contributed by atoms with Crippen LogP contribution in [0.5, 0.6) is 0 Å². The molecule has 2 N–H and O–H groups in total. The number of rotatable bonds is 4. The number of anilines is 1. The molecular formula is C19H17N3O3. The predicted molar refractivity (Wildman–Crippen MR) is 97.0 cm³/mol. The number of urea groups is 1. The summed E-state index contributed by atoms with van der Waals surface area (Å²) in [7, 11) is 0. The molecule has 0 aliphatic rings. The van der Waals surface area contributed by atoms with Crippen molar-refractivity contribution in [3.63, 3.8) is 0 Å². The van der Waals surface area contributed by atoms with Crippen molar-refractivity contribution in [1.29, 1.82) is 0 Å². The molecule has 0 aromatic heterocycles. The van der Waals surface area contributed by atoms with Gasteiger partial charge in [-0.25, -0.2) is 10.2 Å². The van der Waals surface area contributed by atoms with Crippen molar-refractivity contribution in [2.75, 3.05) is 5.32 Å². The summed E-state index contributed by atoms with van der Waals surface area (Å²) in [6.45, 7) is 2.10. The molecule has 0 heterocycles. The first-order chi connectivity index (χ1) is 12.1. The summed E-state index contributed by atoms with van der Waals surface area (Å²) < 4.78 is 0. The molecule has 0 saturated heterocycles. The number of carbonyl (C=O) groups excluding carboxylic acids is 1. The first-order valence-electron chi connectivity index (χ1n) is 8.02. The van der Waals surface area contributed by atoms with E-state index in [2.05, 4.69) is 22.8 Å². The van der Waals surface area contributed by atoms with E-state index < -0.39 is 16.9 Å². The summed E-state index contributed by atoms with van der Waals surface area (Å²) in [6.07, 6.45) is 2.03. The second kappa shape index (κ2) is 7.09. The maximum absolute atomic E-state index is 12.2. The van der Waals surface area contributed by atoms with Crippen molar-refractivity contribution in [3.8, 4) is 0 Å². The van der Waals surface area contributed by atoms with Crippen LogP contribution >= 0.6 is 0 Å². The number of hydrogen-bond donors (Lipinski definition) is 2. The lowest BCUT2D eigenvalue weighted by Gasteiger charge is -2.05. The van der Waals surface area contributed by atoms with Crippen LogP contribution in [0.1, 0.15) is 18.9 Å². The van der Waals surface area contributed by atoms with Crippen LogP contribution in [0, 0.1) is 0 Å². The summed E-state index contributed by atoms with van der Waals surface area (Å²) in [4.78, 5) is 36.2. The maximum atomic E-state index is 12.2. The molecule has 0 fully saturated rings. The number of amides is 2. The summed E-state index contributed by atoms with van der Waals surface area (Å²) in [5.74, 6) is 0. The van der Waals surface area contributed by atoms with Gasteiger partial charge in [0.1, 0.15) is 0 Å². The smallest absolute Gasteiger partial charge is 0.307 e. The van der Waals surface area contributed by atoms with Gasteiger partial charge in [-0.2, -0.15) is 5.10 Å². The fourth-order valence-electron chi connectivity index (χ4n) is 2.65. The standard InChI is InChI=1S/C19H17N3O3/c1-2-5-12-8-10-13(11-9-12)20-19(25)22-21-16-17(23)14-6-3-4-7-15(14)18(16)24/h3-4,6-11H,2,5H2,1H3,(H2,20,22,25). The lowest BCUT2D eigenvalue weighted by atomic mass is 10.1. The fraction of sp³-hybridized carbons (Fsp3) is 0.158. The monoisotopic (exact) mass is 335 g/mol. The molecule has 0 atom stereocenters. The largest absolute Gasteiger partial charge is 0.339 e. The Kier molecular flexibility index (Phi) is 4.70. The first-order valence-corrected chi connectivity index (χ1v) is 8.02. The molecule has 25 heavy (non-hydrogen) atoms. The summed E-state index contributed by atoms with van der Waals surface area (Å²) in [6, 6.07) is 13.3. The van der Waals surface area contributed by atoms with Crippen LogP contribution in [0.3, 0.4) is 0 Å². The average Bonchev–Trinajstić information content (AvgIpc) is 2.86. The van der Waals surface area contributed by atoms with Gasteiger partial charge in [-0.05, 0) is 24.1 Å². The van der Waals surface area contributed by atoms with Crippen LogP contribution in [0.25, 0.3) is 10.8 Å².